The molecule has 0 heterocycles. The molecule has 0 aliphatic carbocycles. The largest absolute Gasteiger partial charge is 0.482 e. The summed E-state index contributed by atoms with van der Waals surface area (Å²) in [6, 6.07) is 10.1. The van der Waals surface area contributed by atoms with Crippen LogP contribution in [0.5, 0.6) is 5.75 Å². The number of alkyl halides is 3. The monoisotopic (exact) mass is 441 g/mol. The van der Waals surface area contributed by atoms with E-state index in [2.05, 4.69) is 10.1 Å². The van der Waals surface area contributed by atoms with Gasteiger partial charge in [-0.15, -0.1) is 0 Å². The van der Waals surface area contributed by atoms with Crippen molar-refractivity contribution in [2.24, 2.45) is 0 Å². The summed E-state index contributed by atoms with van der Waals surface area (Å²) >= 11 is 5.81. The predicted octanol–water partition coefficient (Wildman–Crippen LogP) is 5.52. The van der Waals surface area contributed by atoms with Crippen LogP contribution < -0.4 is 10.1 Å². The fourth-order valence-electron chi connectivity index (χ4n) is 2.66. The third-order valence-electron chi connectivity index (χ3n) is 4.01. The number of anilines is 1. The number of ether oxygens (including phenoxy) is 1. The summed E-state index contributed by atoms with van der Waals surface area (Å²) in [6.07, 6.45) is -4.64. The summed E-state index contributed by atoms with van der Waals surface area (Å²) in [5.41, 5.74) is -0.609. The zero-order chi connectivity index (χ0) is 22.1. The maximum Gasteiger partial charge on any atom is 0.422 e. The van der Waals surface area contributed by atoms with Crippen LogP contribution in [0.4, 0.5) is 23.2 Å². The smallest absolute Gasteiger partial charge is 0.422 e. The number of carboxylic acids is 1. The Morgan fingerprint density at radius 3 is 2.37 bits per heavy atom. The Kier molecular flexibility index (Phi) is 5.84. The first kappa shape index (κ1) is 21.4. The summed E-state index contributed by atoms with van der Waals surface area (Å²) in [4.78, 5) is 24.0. The standard InChI is InChI=1S/C20H12ClF4NO4/c21-15-7-14(19(28)29)16(8-17(15)30-9-20(23,24)25)26-18(27)12-2-1-11-6-13(22)4-3-10(11)5-12/h1-8H,9H2,(H,26,27)(H,28,29). The lowest BCUT2D eigenvalue weighted by atomic mass is 10.1. The topological polar surface area (TPSA) is 75.6 Å². The highest BCUT2D eigenvalue weighted by atomic mass is 35.5. The highest BCUT2D eigenvalue weighted by Crippen LogP contribution is 2.33. The Balaban J connectivity index is 1.92. The van der Waals surface area contributed by atoms with E-state index in [1.807, 2.05) is 0 Å². The number of carboxylic acid groups (broad SMARTS) is 1. The Hall–Kier alpha value is -3.33. The summed E-state index contributed by atoms with van der Waals surface area (Å²) in [5.74, 6) is -3.07. The molecular formula is C20H12ClF4NO4. The van der Waals surface area contributed by atoms with Gasteiger partial charge in [0.15, 0.2) is 6.61 Å². The SMILES string of the molecule is O=C(Nc1cc(OCC(F)(F)F)c(Cl)cc1C(=O)O)c1ccc2cc(F)ccc2c1. The van der Waals surface area contributed by atoms with E-state index < -0.39 is 41.8 Å². The van der Waals surface area contributed by atoms with Crippen LogP contribution in [0.15, 0.2) is 48.5 Å². The molecular weight excluding hydrogens is 430 g/mol. The van der Waals surface area contributed by atoms with Gasteiger partial charge in [0.2, 0.25) is 0 Å². The quantitative estimate of drug-likeness (QED) is 0.511. The van der Waals surface area contributed by atoms with Crippen molar-refractivity contribution in [3.05, 3.63) is 70.5 Å². The molecule has 5 nitrogen and oxygen atoms in total. The van der Waals surface area contributed by atoms with E-state index in [1.54, 1.807) is 0 Å². The van der Waals surface area contributed by atoms with Crippen molar-refractivity contribution in [2.45, 2.75) is 6.18 Å². The van der Waals surface area contributed by atoms with Crippen molar-refractivity contribution in [3.8, 4) is 5.75 Å². The molecule has 0 spiro atoms. The van der Waals surface area contributed by atoms with E-state index in [1.165, 1.54) is 36.4 Å². The van der Waals surface area contributed by atoms with Crippen LogP contribution in [0, 0.1) is 5.82 Å². The van der Waals surface area contributed by atoms with Gasteiger partial charge >= 0.3 is 12.1 Å². The van der Waals surface area contributed by atoms with E-state index in [-0.39, 0.29) is 16.3 Å². The lowest BCUT2D eigenvalue weighted by molar-refractivity contribution is -0.153. The van der Waals surface area contributed by atoms with Crippen molar-refractivity contribution in [1.82, 2.24) is 0 Å². The molecule has 10 heteroatoms. The van der Waals surface area contributed by atoms with Crippen molar-refractivity contribution in [3.63, 3.8) is 0 Å². The van der Waals surface area contributed by atoms with Gasteiger partial charge in [0.1, 0.15) is 11.6 Å². The first-order valence-electron chi connectivity index (χ1n) is 8.30. The molecule has 0 aromatic heterocycles. The zero-order valence-electron chi connectivity index (χ0n) is 14.9. The van der Waals surface area contributed by atoms with Crippen LogP contribution in [-0.4, -0.2) is 29.8 Å². The lowest BCUT2D eigenvalue weighted by Crippen LogP contribution is -2.20. The third-order valence-corrected chi connectivity index (χ3v) is 4.30. The first-order chi connectivity index (χ1) is 14.0. The van der Waals surface area contributed by atoms with Crippen LogP contribution in [-0.2, 0) is 0 Å². The van der Waals surface area contributed by atoms with Gasteiger partial charge in [0, 0.05) is 11.6 Å². The molecule has 1 amide bonds. The predicted molar refractivity (Wildman–Crippen MR) is 102 cm³/mol. The normalized spacial score (nSPS) is 11.4. The van der Waals surface area contributed by atoms with Gasteiger partial charge in [-0.25, -0.2) is 9.18 Å². The number of halogens is 5. The molecule has 2 N–H and O–H groups in total. The van der Waals surface area contributed by atoms with Gasteiger partial charge in [-0.05, 0) is 41.1 Å². The van der Waals surface area contributed by atoms with Crippen molar-refractivity contribution >= 4 is 39.9 Å². The Bertz CT molecular complexity index is 1150. The number of rotatable bonds is 5. The summed E-state index contributed by atoms with van der Waals surface area (Å²) in [7, 11) is 0. The molecule has 0 radical (unpaired) electrons. The number of amides is 1. The number of fused-ring (bicyclic) bond motifs is 1. The average molecular weight is 442 g/mol. The first-order valence-corrected chi connectivity index (χ1v) is 8.68. The minimum Gasteiger partial charge on any atom is -0.482 e. The molecule has 3 rings (SSSR count). The average Bonchev–Trinajstić information content (AvgIpc) is 2.66. The maximum absolute atomic E-state index is 13.3. The van der Waals surface area contributed by atoms with Crippen molar-refractivity contribution < 1.29 is 37.0 Å². The Labute approximate surface area is 171 Å². The molecule has 0 aliphatic heterocycles. The molecule has 0 atom stereocenters. The maximum atomic E-state index is 13.3. The van der Waals surface area contributed by atoms with Crippen LogP contribution in [0.2, 0.25) is 5.02 Å². The molecule has 0 unspecified atom stereocenters. The van der Waals surface area contributed by atoms with Gasteiger partial charge in [-0.1, -0.05) is 23.7 Å². The van der Waals surface area contributed by atoms with Crippen LogP contribution in [0.1, 0.15) is 20.7 Å². The number of nitrogens with one attached hydrogen (secondary N) is 1. The van der Waals surface area contributed by atoms with Gasteiger partial charge in [0.25, 0.3) is 5.91 Å². The van der Waals surface area contributed by atoms with Gasteiger partial charge < -0.3 is 15.2 Å². The number of carbonyl (C=O) groups excluding carboxylic acids is 1. The van der Waals surface area contributed by atoms with Crippen LogP contribution >= 0.6 is 11.6 Å². The van der Waals surface area contributed by atoms with E-state index in [0.717, 1.165) is 12.1 Å². The van der Waals surface area contributed by atoms with Gasteiger partial charge in [0.05, 0.1) is 16.3 Å². The molecule has 0 saturated heterocycles. The number of hydrogen-bond acceptors (Lipinski definition) is 3. The van der Waals surface area contributed by atoms with Crippen LogP contribution in [0.3, 0.4) is 0 Å². The van der Waals surface area contributed by atoms with Crippen molar-refractivity contribution in [2.75, 3.05) is 11.9 Å². The van der Waals surface area contributed by atoms with Gasteiger partial charge in [-0.3, -0.25) is 4.79 Å². The highest BCUT2D eigenvalue weighted by molar-refractivity contribution is 6.32. The highest BCUT2D eigenvalue weighted by Gasteiger charge is 2.29. The van der Waals surface area contributed by atoms with Crippen LogP contribution in [0.25, 0.3) is 10.8 Å². The Morgan fingerprint density at radius 1 is 1.03 bits per heavy atom. The second-order valence-corrected chi connectivity index (χ2v) is 6.60. The molecule has 156 valence electrons. The number of hydrogen-bond donors (Lipinski definition) is 2. The minimum absolute atomic E-state index is 0.123. The summed E-state index contributed by atoms with van der Waals surface area (Å²) in [6.45, 7) is -1.65. The van der Waals surface area contributed by atoms with E-state index >= 15 is 0 Å². The van der Waals surface area contributed by atoms with Gasteiger partial charge in [-0.2, -0.15) is 13.2 Å². The molecule has 0 fully saturated rings. The molecule has 3 aromatic carbocycles. The van der Waals surface area contributed by atoms with E-state index in [4.69, 9.17) is 11.6 Å². The lowest BCUT2D eigenvalue weighted by Gasteiger charge is -2.15. The number of carbonyl (C=O) groups is 2. The molecule has 0 bridgehead atoms. The molecule has 30 heavy (non-hydrogen) atoms. The number of benzene rings is 3. The van der Waals surface area contributed by atoms with E-state index in [9.17, 15) is 32.3 Å². The fourth-order valence-corrected chi connectivity index (χ4v) is 2.87. The molecule has 0 aliphatic rings. The molecule has 3 aromatic rings. The fraction of sp³-hybridized carbons (Fsp3) is 0.100. The third kappa shape index (κ3) is 4.98. The second-order valence-electron chi connectivity index (χ2n) is 6.20. The van der Waals surface area contributed by atoms with Crippen molar-refractivity contribution in [1.29, 1.82) is 0 Å². The zero-order valence-corrected chi connectivity index (χ0v) is 15.6. The minimum atomic E-state index is -4.64. The van der Waals surface area contributed by atoms with E-state index in [0.29, 0.717) is 10.8 Å². The number of aromatic carboxylic acids is 1. The second kappa shape index (κ2) is 8.19. The summed E-state index contributed by atoms with van der Waals surface area (Å²) < 4.78 is 55.1. The Morgan fingerprint density at radius 2 is 1.70 bits per heavy atom. The summed E-state index contributed by atoms with van der Waals surface area (Å²) in [5, 5.41) is 12.4. The molecule has 0 saturated carbocycles.